The lowest BCUT2D eigenvalue weighted by Crippen LogP contribution is -1.88. The zero-order chi connectivity index (χ0) is 9.84. The summed E-state index contributed by atoms with van der Waals surface area (Å²) in [4.78, 5) is 3.94. The third kappa shape index (κ3) is 2.16. The predicted octanol–water partition coefficient (Wildman–Crippen LogP) is 3.14. The van der Waals surface area contributed by atoms with Crippen molar-refractivity contribution in [1.29, 1.82) is 5.26 Å². The Balaban J connectivity index is 3.29. The van der Waals surface area contributed by atoms with Gasteiger partial charge in [0.15, 0.2) is 0 Å². The molecule has 0 saturated heterocycles. The minimum Gasteiger partial charge on any atom is -0.244 e. The van der Waals surface area contributed by atoms with Crippen LogP contribution in [0.25, 0.3) is 5.57 Å². The number of rotatable bonds is 1. The van der Waals surface area contributed by atoms with Crippen molar-refractivity contribution in [1.82, 2.24) is 4.98 Å². The van der Waals surface area contributed by atoms with Crippen LogP contribution in [0, 0.1) is 11.3 Å². The van der Waals surface area contributed by atoms with Crippen LogP contribution in [0.4, 0.5) is 0 Å². The van der Waals surface area contributed by atoms with E-state index in [1.165, 1.54) is 0 Å². The molecule has 0 saturated carbocycles. The first-order chi connectivity index (χ1) is 6.19. The first-order valence-electron chi connectivity index (χ1n) is 3.88. The van der Waals surface area contributed by atoms with E-state index in [1.54, 1.807) is 12.3 Å². The molecule has 0 aromatic carbocycles. The lowest BCUT2D eigenvalue weighted by Gasteiger charge is -2.03. The Bertz CT molecular complexity index is 388. The zero-order valence-electron chi connectivity index (χ0n) is 7.50. The maximum absolute atomic E-state index is 8.66. The van der Waals surface area contributed by atoms with Crippen LogP contribution in [0.5, 0.6) is 0 Å². The number of allylic oxidation sites excluding steroid dienone is 2. The van der Waals surface area contributed by atoms with E-state index in [4.69, 9.17) is 5.26 Å². The molecule has 66 valence electrons. The van der Waals surface area contributed by atoms with E-state index >= 15 is 0 Å². The van der Waals surface area contributed by atoms with Gasteiger partial charge in [0.25, 0.3) is 0 Å². The van der Waals surface area contributed by atoms with Gasteiger partial charge in [-0.1, -0.05) is 6.08 Å². The van der Waals surface area contributed by atoms with Crippen molar-refractivity contribution >= 4 is 21.5 Å². The molecule has 1 aromatic heterocycles. The molecule has 1 heterocycles. The monoisotopic (exact) mass is 236 g/mol. The summed E-state index contributed by atoms with van der Waals surface area (Å²) in [5.74, 6) is 0. The van der Waals surface area contributed by atoms with Gasteiger partial charge in [0.05, 0.1) is 0 Å². The summed E-state index contributed by atoms with van der Waals surface area (Å²) in [6.07, 6.45) is 3.65. The minimum atomic E-state index is 0.444. The molecule has 0 amide bonds. The molecule has 0 fully saturated rings. The van der Waals surface area contributed by atoms with Crippen LogP contribution in [0.1, 0.15) is 25.1 Å². The highest BCUT2D eigenvalue weighted by Gasteiger charge is 2.03. The first kappa shape index (κ1) is 9.94. The second kappa shape index (κ2) is 4.20. The lowest BCUT2D eigenvalue weighted by molar-refractivity contribution is 1.23. The molecule has 0 N–H and O–H groups in total. The molecule has 0 aliphatic carbocycles. The molecule has 0 atom stereocenters. The van der Waals surface area contributed by atoms with Gasteiger partial charge in [0.2, 0.25) is 0 Å². The van der Waals surface area contributed by atoms with Crippen molar-refractivity contribution < 1.29 is 0 Å². The highest BCUT2D eigenvalue weighted by molar-refractivity contribution is 9.10. The maximum Gasteiger partial charge on any atom is 0.141 e. The van der Waals surface area contributed by atoms with Crippen molar-refractivity contribution in [3.05, 3.63) is 34.1 Å². The molecule has 0 bridgehead atoms. The van der Waals surface area contributed by atoms with Crippen molar-refractivity contribution in [3.63, 3.8) is 0 Å². The molecule has 1 rings (SSSR count). The molecule has 1 aromatic rings. The fourth-order valence-electron chi connectivity index (χ4n) is 0.958. The number of hydrogen-bond acceptors (Lipinski definition) is 2. The molecular formula is C10H9BrN2. The van der Waals surface area contributed by atoms with Crippen LogP contribution in [-0.4, -0.2) is 4.98 Å². The van der Waals surface area contributed by atoms with E-state index in [1.807, 2.05) is 26.0 Å². The standard InChI is InChI=1S/C10H9BrN2/c1-3-7(2)9-4-8(5-12)13-6-10(9)11/h3-4,6H,1-2H3. The summed E-state index contributed by atoms with van der Waals surface area (Å²) < 4.78 is 0.919. The van der Waals surface area contributed by atoms with Crippen molar-refractivity contribution in [2.75, 3.05) is 0 Å². The van der Waals surface area contributed by atoms with Crippen LogP contribution < -0.4 is 0 Å². The summed E-state index contributed by atoms with van der Waals surface area (Å²) in [5, 5.41) is 8.66. The average molecular weight is 237 g/mol. The molecule has 0 aliphatic heterocycles. The van der Waals surface area contributed by atoms with Gasteiger partial charge in [0.1, 0.15) is 11.8 Å². The Kier molecular flexibility index (Phi) is 3.21. The van der Waals surface area contributed by atoms with Gasteiger partial charge < -0.3 is 0 Å². The lowest BCUT2D eigenvalue weighted by atomic mass is 10.1. The number of nitriles is 1. The quantitative estimate of drug-likeness (QED) is 0.752. The molecule has 3 heteroatoms. The largest absolute Gasteiger partial charge is 0.244 e. The smallest absolute Gasteiger partial charge is 0.141 e. The second-order valence-electron chi connectivity index (χ2n) is 2.63. The summed E-state index contributed by atoms with van der Waals surface area (Å²) in [7, 11) is 0. The van der Waals surface area contributed by atoms with Crippen molar-refractivity contribution in [2.45, 2.75) is 13.8 Å². The Morgan fingerprint density at radius 2 is 2.38 bits per heavy atom. The Morgan fingerprint density at radius 3 is 2.92 bits per heavy atom. The minimum absolute atomic E-state index is 0.444. The van der Waals surface area contributed by atoms with E-state index in [2.05, 4.69) is 20.9 Å². The molecule has 0 radical (unpaired) electrons. The van der Waals surface area contributed by atoms with Crippen molar-refractivity contribution in [3.8, 4) is 6.07 Å². The van der Waals surface area contributed by atoms with E-state index in [-0.39, 0.29) is 0 Å². The fraction of sp³-hybridized carbons (Fsp3) is 0.200. The van der Waals surface area contributed by atoms with Gasteiger partial charge in [0, 0.05) is 10.7 Å². The molecule has 0 spiro atoms. The summed E-state index contributed by atoms with van der Waals surface area (Å²) in [6.45, 7) is 3.97. The molecule has 0 unspecified atom stereocenters. The summed E-state index contributed by atoms with van der Waals surface area (Å²) in [6, 6.07) is 3.79. The third-order valence-electron chi connectivity index (χ3n) is 1.83. The third-order valence-corrected chi connectivity index (χ3v) is 2.46. The highest BCUT2D eigenvalue weighted by Crippen LogP contribution is 2.23. The van der Waals surface area contributed by atoms with Gasteiger partial charge in [-0.15, -0.1) is 0 Å². The summed E-state index contributed by atoms with van der Waals surface area (Å²) >= 11 is 3.39. The predicted molar refractivity (Wildman–Crippen MR) is 56.0 cm³/mol. The number of aromatic nitrogens is 1. The second-order valence-corrected chi connectivity index (χ2v) is 3.49. The van der Waals surface area contributed by atoms with E-state index in [0.29, 0.717) is 5.69 Å². The molecule has 0 aliphatic rings. The summed E-state index contributed by atoms with van der Waals surface area (Å²) in [5.41, 5.74) is 2.60. The average Bonchev–Trinajstić information content (AvgIpc) is 2.17. The Morgan fingerprint density at radius 1 is 1.69 bits per heavy atom. The topological polar surface area (TPSA) is 36.7 Å². The van der Waals surface area contributed by atoms with Crippen LogP contribution in [-0.2, 0) is 0 Å². The Labute approximate surface area is 86.0 Å². The Hall–Kier alpha value is -1.14. The van der Waals surface area contributed by atoms with E-state index in [9.17, 15) is 0 Å². The molecule has 2 nitrogen and oxygen atoms in total. The van der Waals surface area contributed by atoms with Gasteiger partial charge in [-0.05, 0) is 47.0 Å². The number of nitrogens with zero attached hydrogens (tertiary/aromatic N) is 2. The molecule has 13 heavy (non-hydrogen) atoms. The molecular weight excluding hydrogens is 228 g/mol. The number of pyridine rings is 1. The van der Waals surface area contributed by atoms with Crippen LogP contribution >= 0.6 is 15.9 Å². The maximum atomic E-state index is 8.66. The SMILES string of the molecule is CC=C(C)c1cc(C#N)ncc1Br. The number of hydrogen-bond donors (Lipinski definition) is 0. The normalized spacial score (nSPS) is 11.1. The number of halogens is 1. The fourth-order valence-corrected chi connectivity index (χ4v) is 1.49. The van der Waals surface area contributed by atoms with E-state index in [0.717, 1.165) is 15.6 Å². The van der Waals surface area contributed by atoms with Gasteiger partial charge in [-0.2, -0.15) is 5.26 Å². The van der Waals surface area contributed by atoms with Crippen molar-refractivity contribution in [2.24, 2.45) is 0 Å². The van der Waals surface area contributed by atoms with Crippen LogP contribution in [0.15, 0.2) is 22.8 Å². The zero-order valence-corrected chi connectivity index (χ0v) is 9.09. The van der Waals surface area contributed by atoms with Gasteiger partial charge >= 0.3 is 0 Å². The highest BCUT2D eigenvalue weighted by atomic mass is 79.9. The first-order valence-corrected chi connectivity index (χ1v) is 4.67. The van der Waals surface area contributed by atoms with Gasteiger partial charge in [-0.3, -0.25) is 0 Å². The van der Waals surface area contributed by atoms with Crippen LogP contribution in [0.2, 0.25) is 0 Å². The van der Waals surface area contributed by atoms with Gasteiger partial charge in [-0.25, -0.2) is 4.98 Å². The van der Waals surface area contributed by atoms with E-state index < -0.39 is 0 Å². The van der Waals surface area contributed by atoms with Crippen LogP contribution in [0.3, 0.4) is 0 Å².